The molecule has 0 bridgehead atoms. The van der Waals surface area contributed by atoms with Gasteiger partial charge in [-0.2, -0.15) is 0 Å². The standard InChI is InChI=1S/C16H20N2O/c1-19-16-10-8-14(12-18-16)11-15(17)9-7-13-5-3-2-4-6-13/h2-6,8,10,12,15H,7,9,11,17H2,1H3. The van der Waals surface area contributed by atoms with Gasteiger partial charge in [0.25, 0.3) is 0 Å². The maximum atomic E-state index is 6.17. The van der Waals surface area contributed by atoms with Gasteiger partial charge in [-0.25, -0.2) is 4.98 Å². The summed E-state index contributed by atoms with van der Waals surface area (Å²) < 4.78 is 5.04. The monoisotopic (exact) mass is 256 g/mol. The van der Waals surface area contributed by atoms with Crippen LogP contribution in [0.2, 0.25) is 0 Å². The van der Waals surface area contributed by atoms with Gasteiger partial charge in [0.1, 0.15) is 0 Å². The topological polar surface area (TPSA) is 48.1 Å². The molecule has 1 atom stereocenters. The van der Waals surface area contributed by atoms with Crippen molar-refractivity contribution in [2.45, 2.75) is 25.3 Å². The Kier molecular flexibility index (Phi) is 4.93. The van der Waals surface area contributed by atoms with Crippen molar-refractivity contribution in [3.8, 4) is 5.88 Å². The Morgan fingerprint density at radius 2 is 1.89 bits per heavy atom. The van der Waals surface area contributed by atoms with Crippen LogP contribution in [0.15, 0.2) is 48.7 Å². The van der Waals surface area contributed by atoms with Gasteiger partial charge in [0.2, 0.25) is 5.88 Å². The zero-order chi connectivity index (χ0) is 13.5. The van der Waals surface area contributed by atoms with Gasteiger partial charge >= 0.3 is 0 Å². The second-order valence-corrected chi connectivity index (χ2v) is 4.70. The third-order valence-electron chi connectivity index (χ3n) is 3.15. The van der Waals surface area contributed by atoms with Gasteiger partial charge in [-0.3, -0.25) is 0 Å². The van der Waals surface area contributed by atoms with Crippen molar-refractivity contribution in [3.63, 3.8) is 0 Å². The lowest BCUT2D eigenvalue weighted by Gasteiger charge is -2.11. The SMILES string of the molecule is COc1ccc(CC(N)CCc2ccccc2)cn1. The van der Waals surface area contributed by atoms with Crippen molar-refractivity contribution in [1.29, 1.82) is 0 Å². The zero-order valence-corrected chi connectivity index (χ0v) is 11.3. The van der Waals surface area contributed by atoms with Crippen LogP contribution in [0.1, 0.15) is 17.5 Å². The highest BCUT2D eigenvalue weighted by molar-refractivity contribution is 5.19. The van der Waals surface area contributed by atoms with Gasteiger partial charge in [0.15, 0.2) is 0 Å². The molecule has 1 aromatic heterocycles. The van der Waals surface area contributed by atoms with Crippen LogP contribution in [-0.4, -0.2) is 18.1 Å². The molecule has 100 valence electrons. The number of pyridine rings is 1. The summed E-state index contributed by atoms with van der Waals surface area (Å²) in [5, 5.41) is 0. The maximum absolute atomic E-state index is 6.17. The molecule has 3 nitrogen and oxygen atoms in total. The second-order valence-electron chi connectivity index (χ2n) is 4.70. The average Bonchev–Trinajstić information content (AvgIpc) is 2.47. The number of methoxy groups -OCH3 is 1. The fourth-order valence-corrected chi connectivity index (χ4v) is 2.05. The quantitative estimate of drug-likeness (QED) is 0.864. The predicted octanol–water partition coefficient (Wildman–Crippen LogP) is 2.59. The first kappa shape index (κ1) is 13.6. The van der Waals surface area contributed by atoms with Crippen molar-refractivity contribution >= 4 is 0 Å². The Hall–Kier alpha value is -1.87. The normalized spacial score (nSPS) is 12.1. The minimum absolute atomic E-state index is 0.162. The van der Waals surface area contributed by atoms with E-state index >= 15 is 0 Å². The van der Waals surface area contributed by atoms with Crippen LogP contribution in [-0.2, 0) is 12.8 Å². The van der Waals surface area contributed by atoms with Crippen molar-refractivity contribution < 1.29 is 4.74 Å². The molecule has 0 amide bonds. The first-order valence-corrected chi connectivity index (χ1v) is 6.56. The predicted molar refractivity (Wildman–Crippen MR) is 77.2 cm³/mol. The van der Waals surface area contributed by atoms with E-state index in [0.717, 1.165) is 24.8 Å². The van der Waals surface area contributed by atoms with E-state index in [2.05, 4.69) is 29.2 Å². The van der Waals surface area contributed by atoms with E-state index in [1.807, 2.05) is 24.4 Å². The largest absolute Gasteiger partial charge is 0.481 e. The molecule has 0 saturated heterocycles. The summed E-state index contributed by atoms with van der Waals surface area (Å²) in [6.45, 7) is 0. The second kappa shape index (κ2) is 6.90. The Morgan fingerprint density at radius 1 is 1.11 bits per heavy atom. The molecule has 0 aliphatic heterocycles. The van der Waals surface area contributed by atoms with E-state index in [9.17, 15) is 0 Å². The number of benzene rings is 1. The molecule has 2 aromatic rings. The minimum Gasteiger partial charge on any atom is -0.481 e. The van der Waals surface area contributed by atoms with Crippen LogP contribution in [0.3, 0.4) is 0 Å². The molecule has 0 aliphatic carbocycles. The maximum Gasteiger partial charge on any atom is 0.212 e. The molecule has 0 spiro atoms. The summed E-state index contributed by atoms with van der Waals surface area (Å²) >= 11 is 0. The fraction of sp³-hybridized carbons (Fsp3) is 0.312. The number of aromatic nitrogens is 1. The van der Waals surface area contributed by atoms with Gasteiger partial charge in [0, 0.05) is 18.3 Å². The number of aryl methyl sites for hydroxylation is 1. The smallest absolute Gasteiger partial charge is 0.212 e. The van der Waals surface area contributed by atoms with Crippen LogP contribution in [0.4, 0.5) is 0 Å². The van der Waals surface area contributed by atoms with Crippen LogP contribution in [0, 0.1) is 0 Å². The number of hydrogen-bond acceptors (Lipinski definition) is 3. The molecule has 0 radical (unpaired) electrons. The summed E-state index contributed by atoms with van der Waals surface area (Å²) in [7, 11) is 1.62. The summed E-state index contributed by atoms with van der Waals surface area (Å²) in [6.07, 6.45) is 4.69. The first-order valence-electron chi connectivity index (χ1n) is 6.56. The molecule has 0 fully saturated rings. The first-order chi connectivity index (χ1) is 9.28. The number of hydrogen-bond donors (Lipinski definition) is 1. The Labute approximate surface area is 114 Å². The molecular formula is C16H20N2O. The van der Waals surface area contributed by atoms with Crippen molar-refractivity contribution in [1.82, 2.24) is 4.98 Å². The molecule has 1 unspecified atom stereocenters. The highest BCUT2D eigenvalue weighted by Gasteiger charge is 2.05. The van der Waals surface area contributed by atoms with E-state index in [0.29, 0.717) is 5.88 Å². The lowest BCUT2D eigenvalue weighted by molar-refractivity contribution is 0.397. The van der Waals surface area contributed by atoms with E-state index in [1.165, 1.54) is 5.56 Å². The Bertz CT molecular complexity index is 482. The lowest BCUT2D eigenvalue weighted by atomic mass is 10.0. The highest BCUT2D eigenvalue weighted by Crippen LogP contribution is 2.11. The van der Waals surface area contributed by atoms with Gasteiger partial charge in [0.05, 0.1) is 7.11 Å². The van der Waals surface area contributed by atoms with E-state index in [-0.39, 0.29) is 6.04 Å². The van der Waals surface area contributed by atoms with Crippen molar-refractivity contribution in [3.05, 3.63) is 59.8 Å². The molecular weight excluding hydrogens is 236 g/mol. The average molecular weight is 256 g/mol. The molecule has 2 N–H and O–H groups in total. The summed E-state index contributed by atoms with van der Waals surface area (Å²) in [5.74, 6) is 0.640. The third-order valence-corrected chi connectivity index (χ3v) is 3.15. The van der Waals surface area contributed by atoms with Crippen LogP contribution < -0.4 is 10.5 Å². The molecule has 0 aliphatic rings. The third kappa shape index (κ3) is 4.38. The Balaban J connectivity index is 1.82. The lowest BCUT2D eigenvalue weighted by Crippen LogP contribution is -2.23. The molecule has 3 heteroatoms. The van der Waals surface area contributed by atoms with E-state index in [1.54, 1.807) is 7.11 Å². The zero-order valence-electron chi connectivity index (χ0n) is 11.3. The summed E-state index contributed by atoms with van der Waals surface area (Å²) in [6, 6.07) is 14.5. The van der Waals surface area contributed by atoms with Crippen LogP contribution in [0.25, 0.3) is 0 Å². The Morgan fingerprint density at radius 3 is 2.53 bits per heavy atom. The van der Waals surface area contributed by atoms with Crippen LogP contribution >= 0.6 is 0 Å². The van der Waals surface area contributed by atoms with Crippen molar-refractivity contribution in [2.24, 2.45) is 5.73 Å². The molecule has 19 heavy (non-hydrogen) atoms. The molecule has 0 saturated carbocycles. The fourth-order valence-electron chi connectivity index (χ4n) is 2.05. The van der Waals surface area contributed by atoms with E-state index < -0.39 is 0 Å². The molecule has 1 aromatic carbocycles. The highest BCUT2D eigenvalue weighted by atomic mass is 16.5. The molecule has 1 heterocycles. The minimum atomic E-state index is 0.162. The summed E-state index contributed by atoms with van der Waals surface area (Å²) in [4.78, 5) is 4.19. The number of rotatable bonds is 6. The van der Waals surface area contributed by atoms with Gasteiger partial charge in [-0.1, -0.05) is 36.4 Å². The van der Waals surface area contributed by atoms with Crippen molar-refractivity contribution in [2.75, 3.05) is 7.11 Å². The van der Waals surface area contributed by atoms with E-state index in [4.69, 9.17) is 10.5 Å². The molecule has 2 rings (SSSR count). The number of nitrogens with zero attached hydrogens (tertiary/aromatic N) is 1. The van der Waals surface area contributed by atoms with Crippen LogP contribution in [0.5, 0.6) is 5.88 Å². The number of ether oxygens (including phenoxy) is 1. The number of nitrogens with two attached hydrogens (primary N) is 1. The van der Waals surface area contributed by atoms with Gasteiger partial charge in [-0.05, 0) is 30.4 Å². The van der Waals surface area contributed by atoms with Gasteiger partial charge in [-0.15, -0.1) is 0 Å². The van der Waals surface area contributed by atoms with Gasteiger partial charge < -0.3 is 10.5 Å². The summed E-state index contributed by atoms with van der Waals surface area (Å²) in [5.41, 5.74) is 8.66.